The minimum Gasteiger partial charge on any atom is -0.351 e. The van der Waals surface area contributed by atoms with E-state index in [1.165, 1.54) is 0 Å². The number of aromatic nitrogens is 1. The Morgan fingerprint density at radius 3 is 2.31 bits per heavy atom. The van der Waals surface area contributed by atoms with Crippen molar-refractivity contribution in [2.45, 2.75) is 27.7 Å². The molecule has 2 aromatic carbocycles. The molecule has 1 aromatic heterocycles. The van der Waals surface area contributed by atoms with Gasteiger partial charge in [0.05, 0.1) is 6.54 Å². The smallest absolute Gasteiger partial charge is 0.268 e. The van der Waals surface area contributed by atoms with E-state index in [1.54, 1.807) is 6.07 Å². The fourth-order valence-corrected chi connectivity index (χ4v) is 3.18. The van der Waals surface area contributed by atoms with Crippen LogP contribution in [-0.4, -0.2) is 23.3 Å². The number of H-pyrrole nitrogens is 1. The van der Waals surface area contributed by atoms with Gasteiger partial charge in [-0.2, -0.15) is 0 Å². The molecule has 5 heteroatoms. The number of rotatable bonds is 4. The van der Waals surface area contributed by atoms with Gasteiger partial charge in [0.2, 0.25) is 5.91 Å². The lowest BCUT2D eigenvalue weighted by Crippen LogP contribution is -2.33. The number of nitrogens with one attached hydrogen (secondary N) is 3. The van der Waals surface area contributed by atoms with E-state index in [-0.39, 0.29) is 18.4 Å². The number of carbonyl (C=O) groups is 2. The molecule has 3 aromatic rings. The summed E-state index contributed by atoms with van der Waals surface area (Å²) in [7, 11) is 0. The fourth-order valence-electron chi connectivity index (χ4n) is 3.18. The van der Waals surface area contributed by atoms with Gasteiger partial charge < -0.3 is 15.6 Å². The van der Waals surface area contributed by atoms with Gasteiger partial charge in [0.1, 0.15) is 5.69 Å². The number of benzene rings is 2. The molecule has 0 aliphatic heterocycles. The fraction of sp³-hybridized carbons (Fsp3) is 0.238. The zero-order chi connectivity index (χ0) is 18.8. The first-order valence-electron chi connectivity index (χ1n) is 8.59. The van der Waals surface area contributed by atoms with Gasteiger partial charge >= 0.3 is 0 Å². The first-order chi connectivity index (χ1) is 12.3. The molecule has 0 radical (unpaired) electrons. The lowest BCUT2D eigenvalue weighted by Gasteiger charge is -2.13. The van der Waals surface area contributed by atoms with Crippen LogP contribution >= 0.6 is 0 Å². The number of aromatic amines is 1. The molecule has 1 heterocycles. The standard InChI is InChI=1S/C21H23N3O2/c1-12-5-6-16-10-18(23-17(16)9-12)21(26)22-11-19(25)24-20-14(3)7-13(2)8-15(20)4/h5-10,23H,11H2,1-4H3,(H,22,26)(H,24,25). The lowest BCUT2D eigenvalue weighted by molar-refractivity contribution is -0.115. The van der Waals surface area contributed by atoms with Crippen LogP contribution in [0.3, 0.4) is 0 Å². The van der Waals surface area contributed by atoms with E-state index in [9.17, 15) is 9.59 Å². The Morgan fingerprint density at radius 2 is 1.62 bits per heavy atom. The minimum absolute atomic E-state index is 0.0834. The van der Waals surface area contributed by atoms with Crippen molar-refractivity contribution in [3.05, 3.63) is 64.3 Å². The van der Waals surface area contributed by atoms with Crippen molar-refractivity contribution in [1.82, 2.24) is 10.3 Å². The largest absolute Gasteiger partial charge is 0.351 e. The summed E-state index contributed by atoms with van der Waals surface area (Å²) in [5.74, 6) is -0.549. The van der Waals surface area contributed by atoms with Crippen molar-refractivity contribution >= 4 is 28.4 Å². The topological polar surface area (TPSA) is 74.0 Å². The molecule has 0 aliphatic carbocycles. The predicted molar refractivity (Wildman–Crippen MR) is 105 cm³/mol. The predicted octanol–water partition coefficient (Wildman–Crippen LogP) is 3.77. The van der Waals surface area contributed by atoms with Gasteiger partial charge in [-0.25, -0.2) is 0 Å². The minimum atomic E-state index is -0.300. The molecule has 0 unspecified atom stereocenters. The number of hydrogen-bond donors (Lipinski definition) is 3. The van der Waals surface area contributed by atoms with E-state index < -0.39 is 0 Å². The molecule has 0 spiro atoms. The van der Waals surface area contributed by atoms with Crippen LogP contribution in [0.4, 0.5) is 5.69 Å². The molecule has 2 amide bonds. The summed E-state index contributed by atoms with van der Waals surface area (Å²) < 4.78 is 0. The Kier molecular flexibility index (Phi) is 4.80. The quantitative estimate of drug-likeness (QED) is 0.671. The number of amides is 2. The van der Waals surface area contributed by atoms with Crippen molar-refractivity contribution in [3.8, 4) is 0 Å². The Morgan fingerprint density at radius 1 is 0.923 bits per heavy atom. The monoisotopic (exact) mass is 349 g/mol. The second-order valence-electron chi connectivity index (χ2n) is 6.78. The third-order valence-corrected chi connectivity index (χ3v) is 4.37. The second kappa shape index (κ2) is 7.04. The molecule has 3 rings (SSSR count). The Hall–Kier alpha value is -3.08. The highest BCUT2D eigenvalue weighted by Gasteiger charge is 2.13. The summed E-state index contributed by atoms with van der Waals surface area (Å²) >= 11 is 0. The van der Waals surface area contributed by atoms with Gasteiger partial charge in [0.15, 0.2) is 0 Å². The molecule has 134 valence electrons. The third kappa shape index (κ3) is 3.77. The van der Waals surface area contributed by atoms with Crippen LogP contribution < -0.4 is 10.6 Å². The second-order valence-corrected chi connectivity index (χ2v) is 6.78. The molecule has 26 heavy (non-hydrogen) atoms. The molecule has 0 atom stereocenters. The van der Waals surface area contributed by atoms with Crippen LogP contribution in [0.15, 0.2) is 36.4 Å². The van der Waals surface area contributed by atoms with Crippen LogP contribution in [-0.2, 0) is 4.79 Å². The summed E-state index contributed by atoms with van der Waals surface area (Å²) in [6.45, 7) is 7.86. The van der Waals surface area contributed by atoms with Gasteiger partial charge in [0, 0.05) is 16.6 Å². The van der Waals surface area contributed by atoms with E-state index >= 15 is 0 Å². The molecular weight excluding hydrogens is 326 g/mol. The Bertz CT molecular complexity index is 979. The Labute approximate surface area is 152 Å². The lowest BCUT2D eigenvalue weighted by atomic mass is 10.1. The first-order valence-corrected chi connectivity index (χ1v) is 8.59. The van der Waals surface area contributed by atoms with Crippen molar-refractivity contribution in [3.63, 3.8) is 0 Å². The van der Waals surface area contributed by atoms with E-state index in [0.717, 1.165) is 38.8 Å². The van der Waals surface area contributed by atoms with E-state index in [2.05, 4.69) is 15.6 Å². The highest BCUT2D eigenvalue weighted by Crippen LogP contribution is 2.21. The Balaban J connectivity index is 1.64. The van der Waals surface area contributed by atoms with E-state index in [0.29, 0.717) is 5.69 Å². The number of anilines is 1. The summed E-state index contributed by atoms with van der Waals surface area (Å²) in [5, 5.41) is 6.51. The number of fused-ring (bicyclic) bond motifs is 1. The van der Waals surface area contributed by atoms with Crippen LogP contribution in [0.25, 0.3) is 10.9 Å². The van der Waals surface area contributed by atoms with Gasteiger partial charge in [-0.3, -0.25) is 9.59 Å². The maximum Gasteiger partial charge on any atom is 0.268 e. The maximum absolute atomic E-state index is 12.3. The molecule has 0 bridgehead atoms. The van der Waals surface area contributed by atoms with Gasteiger partial charge in [-0.1, -0.05) is 29.8 Å². The summed E-state index contributed by atoms with van der Waals surface area (Å²) in [4.78, 5) is 27.6. The summed E-state index contributed by atoms with van der Waals surface area (Å²) in [6, 6.07) is 11.8. The zero-order valence-electron chi connectivity index (χ0n) is 15.5. The normalized spacial score (nSPS) is 10.8. The summed E-state index contributed by atoms with van der Waals surface area (Å²) in [6.07, 6.45) is 0. The van der Waals surface area contributed by atoms with Crippen molar-refractivity contribution in [2.75, 3.05) is 11.9 Å². The number of aryl methyl sites for hydroxylation is 4. The molecule has 0 saturated heterocycles. The average Bonchev–Trinajstić information content (AvgIpc) is 2.99. The number of carbonyl (C=O) groups excluding carboxylic acids is 2. The highest BCUT2D eigenvalue weighted by atomic mass is 16.2. The van der Waals surface area contributed by atoms with Crippen molar-refractivity contribution < 1.29 is 9.59 Å². The van der Waals surface area contributed by atoms with Gasteiger partial charge in [-0.05, 0) is 56.5 Å². The SMILES string of the molecule is Cc1cc(C)c(NC(=O)CNC(=O)c2cc3ccc(C)cc3[nH]2)c(C)c1. The average molecular weight is 349 g/mol. The zero-order valence-corrected chi connectivity index (χ0v) is 15.5. The molecular formula is C21H23N3O2. The third-order valence-electron chi connectivity index (χ3n) is 4.37. The van der Waals surface area contributed by atoms with Gasteiger partial charge in [-0.15, -0.1) is 0 Å². The molecule has 0 fully saturated rings. The van der Waals surface area contributed by atoms with Crippen molar-refractivity contribution in [2.24, 2.45) is 0 Å². The number of hydrogen-bond acceptors (Lipinski definition) is 2. The highest BCUT2D eigenvalue weighted by molar-refractivity contribution is 6.01. The van der Waals surface area contributed by atoms with Crippen LogP contribution in [0.1, 0.15) is 32.7 Å². The van der Waals surface area contributed by atoms with Crippen LogP contribution in [0.5, 0.6) is 0 Å². The molecule has 0 aliphatic rings. The molecule has 0 saturated carbocycles. The van der Waals surface area contributed by atoms with E-state index in [1.807, 2.05) is 58.0 Å². The first kappa shape index (κ1) is 17.7. The maximum atomic E-state index is 12.3. The molecule has 3 N–H and O–H groups in total. The molecule has 5 nitrogen and oxygen atoms in total. The summed E-state index contributed by atoms with van der Waals surface area (Å²) in [5.41, 5.74) is 6.44. The van der Waals surface area contributed by atoms with E-state index in [4.69, 9.17) is 0 Å². The van der Waals surface area contributed by atoms with Crippen molar-refractivity contribution in [1.29, 1.82) is 0 Å². The van der Waals surface area contributed by atoms with Crippen LogP contribution in [0, 0.1) is 27.7 Å². The van der Waals surface area contributed by atoms with Gasteiger partial charge in [0.25, 0.3) is 5.91 Å². The van der Waals surface area contributed by atoms with Crippen LogP contribution in [0.2, 0.25) is 0 Å².